The van der Waals surface area contributed by atoms with E-state index in [-0.39, 0.29) is 5.43 Å². The molecule has 0 fully saturated rings. The summed E-state index contributed by atoms with van der Waals surface area (Å²) in [5.74, 6) is -0.0986. The second kappa shape index (κ2) is 4.97. The second-order valence-corrected chi connectivity index (χ2v) is 6.50. The molecule has 0 aliphatic rings. The fraction of sp³-hybridized carbons (Fsp3) is 0.176. The molecule has 0 atom stereocenters. The summed E-state index contributed by atoms with van der Waals surface area (Å²) in [5.41, 5.74) is 6.89. The number of hydrogen-bond acceptors (Lipinski definition) is 3. The smallest absolute Gasteiger partial charge is 0.248 e. The third-order valence-electron chi connectivity index (χ3n) is 3.65. The van der Waals surface area contributed by atoms with Crippen molar-refractivity contribution < 1.29 is 4.79 Å². The lowest BCUT2D eigenvalue weighted by Gasteiger charge is -2.07. The summed E-state index contributed by atoms with van der Waals surface area (Å²) in [5, 5.41) is 1.38. The van der Waals surface area contributed by atoms with Crippen molar-refractivity contribution in [3.63, 3.8) is 0 Å². The van der Waals surface area contributed by atoms with E-state index in [9.17, 15) is 9.59 Å². The lowest BCUT2D eigenvalue weighted by molar-refractivity contribution is 0.100. The Morgan fingerprint density at radius 3 is 2.48 bits per heavy atom. The number of nitrogens with two attached hydrogens (primary N) is 1. The molecule has 2 aromatic carbocycles. The Balaban J connectivity index is 2.37. The summed E-state index contributed by atoms with van der Waals surface area (Å²) in [6.07, 6.45) is 0. The number of carbonyl (C=O) groups excluding carboxylic acids is 1. The van der Waals surface area contributed by atoms with Crippen molar-refractivity contribution in [3.05, 3.63) is 57.7 Å². The number of rotatable bonds is 2. The Hall–Kier alpha value is -2.20. The second-order valence-electron chi connectivity index (χ2n) is 5.42. The van der Waals surface area contributed by atoms with Crippen LogP contribution in [0.2, 0.25) is 0 Å². The first-order valence-corrected chi connectivity index (χ1v) is 7.59. The largest absolute Gasteiger partial charge is 0.366 e. The molecule has 2 N–H and O–H groups in total. The van der Waals surface area contributed by atoms with Gasteiger partial charge in [0.15, 0.2) is 5.43 Å². The molecule has 1 aromatic heterocycles. The summed E-state index contributed by atoms with van der Waals surface area (Å²) in [4.78, 5) is 23.9. The van der Waals surface area contributed by atoms with E-state index in [1.165, 1.54) is 11.3 Å². The molecule has 1 heterocycles. The molecule has 0 aliphatic heterocycles. The van der Waals surface area contributed by atoms with Crippen molar-refractivity contribution in [1.29, 1.82) is 0 Å². The summed E-state index contributed by atoms with van der Waals surface area (Å²) in [6.45, 7) is 4.21. The molecule has 3 rings (SSSR count). The maximum absolute atomic E-state index is 12.6. The van der Waals surface area contributed by atoms with Crippen LogP contribution < -0.4 is 11.2 Å². The summed E-state index contributed by atoms with van der Waals surface area (Å²) in [7, 11) is 0. The maximum atomic E-state index is 12.6. The Kier molecular flexibility index (Phi) is 3.26. The Morgan fingerprint density at radius 2 is 1.81 bits per heavy atom. The highest BCUT2D eigenvalue weighted by Gasteiger charge is 2.10. The Morgan fingerprint density at radius 1 is 1.05 bits per heavy atom. The lowest BCUT2D eigenvalue weighted by Crippen LogP contribution is -2.11. The fourth-order valence-electron chi connectivity index (χ4n) is 2.38. The summed E-state index contributed by atoms with van der Waals surface area (Å²) >= 11 is 1.51. The van der Waals surface area contributed by atoms with E-state index in [2.05, 4.69) is 13.8 Å². The van der Waals surface area contributed by atoms with Gasteiger partial charge in [0.05, 0.1) is 0 Å². The minimum atomic E-state index is -0.480. The van der Waals surface area contributed by atoms with Crippen molar-refractivity contribution in [2.24, 2.45) is 5.73 Å². The van der Waals surface area contributed by atoms with Crippen molar-refractivity contribution in [1.82, 2.24) is 0 Å². The molecule has 0 bridgehead atoms. The van der Waals surface area contributed by atoms with Crippen molar-refractivity contribution in [2.45, 2.75) is 19.8 Å². The van der Waals surface area contributed by atoms with Crippen LogP contribution in [0.3, 0.4) is 0 Å². The standard InChI is InChI=1S/C17H15NO2S/c1-9(2)10-4-6-14-13(7-10)16(19)12-5-3-11(17(18)20)8-15(12)21-14/h3-9H,1-2H3,(H2,18,20). The van der Waals surface area contributed by atoms with E-state index in [1.807, 2.05) is 18.2 Å². The number of amides is 1. The molecule has 3 aromatic rings. The molecule has 0 spiro atoms. The van der Waals surface area contributed by atoms with Crippen LogP contribution in [-0.2, 0) is 0 Å². The van der Waals surface area contributed by atoms with Gasteiger partial charge in [-0.3, -0.25) is 9.59 Å². The molecule has 0 aliphatic carbocycles. The first-order valence-electron chi connectivity index (χ1n) is 6.77. The molecular formula is C17H15NO2S. The average Bonchev–Trinajstić information content (AvgIpc) is 2.46. The van der Waals surface area contributed by atoms with Gasteiger partial charge in [0.1, 0.15) is 0 Å². The van der Waals surface area contributed by atoms with Crippen LogP contribution in [0.25, 0.3) is 20.2 Å². The van der Waals surface area contributed by atoms with Gasteiger partial charge in [-0.25, -0.2) is 0 Å². The van der Waals surface area contributed by atoms with Gasteiger partial charge in [-0.1, -0.05) is 19.9 Å². The molecule has 0 unspecified atom stereocenters. The quantitative estimate of drug-likeness (QED) is 0.734. The zero-order valence-electron chi connectivity index (χ0n) is 11.8. The Bertz CT molecular complexity index is 925. The number of carbonyl (C=O) groups is 1. The third-order valence-corrected chi connectivity index (χ3v) is 4.78. The van der Waals surface area contributed by atoms with Crippen LogP contribution in [0, 0.1) is 0 Å². The monoisotopic (exact) mass is 297 g/mol. The molecule has 0 radical (unpaired) electrons. The molecule has 4 heteroatoms. The molecule has 1 amide bonds. The molecule has 106 valence electrons. The van der Waals surface area contributed by atoms with Crippen LogP contribution >= 0.6 is 11.3 Å². The highest BCUT2D eigenvalue weighted by Crippen LogP contribution is 2.27. The molecule has 0 saturated carbocycles. The van der Waals surface area contributed by atoms with Crippen LogP contribution in [0.5, 0.6) is 0 Å². The summed E-state index contributed by atoms with van der Waals surface area (Å²) < 4.78 is 1.72. The third kappa shape index (κ3) is 2.32. The number of benzene rings is 2. The minimum absolute atomic E-state index is 0.0114. The SMILES string of the molecule is CC(C)c1ccc2sc3cc(C(N)=O)ccc3c(=O)c2c1. The highest BCUT2D eigenvalue weighted by atomic mass is 32.1. The van der Waals surface area contributed by atoms with Gasteiger partial charge in [-0.05, 0) is 41.8 Å². The van der Waals surface area contributed by atoms with Gasteiger partial charge >= 0.3 is 0 Å². The van der Waals surface area contributed by atoms with E-state index in [0.717, 1.165) is 20.3 Å². The van der Waals surface area contributed by atoms with Gasteiger partial charge in [-0.2, -0.15) is 0 Å². The zero-order valence-corrected chi connectivity index (χ0v) is 12.7. The van der Waals surface area contributed by atoms with Gasteiger partial charge in [0.25, 0.3) is 0 Å². The van der Waals surface area contributed by atoms with Crippen LogP contribution in [0.1, 0.15) is 35.7 Å². The number of fused-ring (bicyclic) bond motifs is 2. The number of primary amides is 1. The lowest BCUT2D eigenvalue weighted by atomic mass is 10.0. The topological polar surface area (TPSA) is 60.2 Å². The van der Waals surface area contributed by atoms with Crippen molar-refractivity contribution >= 4 is 37.4 Å². The van der Waals surface area contributed by atoms with E-state index in [4.69, 9.17) is 5.73 Å². The van der Waals surface area contributed by atoms with E-state index < -0.39 is 5.91 Å². The maximum Gasteiger partial charge on any atom is 0.248 e. The minimum Gasteiger partial charge on any atom is -0.366 e. The normalized spacial score (nSPS) is 11.4. The van der Waals surface area contributed by atoms with E-state index in [0.29, 0.717) is 16.9 Å². The zero-order chi connectivity index (χ0) is 15.1. The van der Waals surface area contributed by atoms with E-state index in [1.54, 1.807) is 18.2 Å². The number of hydrogen-bond donors (Lipinski definition) is 1. The predicted molar refractivity (Wildman–Crippen MR) is 88.2 cm³/mol. The molecule has 0 saturated heterocycles. The Labute approximate surface area is 126 Å². The van der Waals surface area contributed by atoms with Crippen molar-refractivity contribution in [2.75, 3.05) is 0 Å². The van der Waals surface area contributed by atoms with Crippen LogP contribution in [-0.4, -0.2) is 5.91 Å². The van der Waals surface area contributed by atoms with Gasteiger partial charge < -0.3 is 5.73 Å². The first kappa shape index (κ1) is 13.8. The highest BCUT2D eigenvalue weighted by molar-refractivity contribution is 7.24. The van der Waals surface area contributed by atoms with Gasteiger partial charge in [0, 0.05) is 25.7 Å². The summed E-state index contributed by atoms with van der Waals surface area (Å²) in [6, 6.07) is 11.0. The molecule has 3 nitrogen and oxygen atoms in total. The van der Waals surface area contributed by atoms with Gasteiger partial charge in [0.2, 0.25) is 5.91 Å². The molecule has 21 heavy (non-hydrogen) atoms. The van der Waals surface area contributed by atoms with Gasteiger partial charge in [-0.15, -0.1) is 11.3 Å². The average molecular weight is 297 g/mol. The molecular weight excluding hydrogens is 282 g/mol. The fourth-order valence-corrected chi connectivity index (χ4v) is 3.48. The first-order chi connectivity index (χ1) is 9.97. The predicted octanol–water partition coefficient (Wildman–Crippen LogP) is 3.64. The van der Waals surface area contributed by atoms with E-state index >= 15 is 0 Å². The van der Waals surface area contributed by atoms with Crippen LogP contribution in [0.4, 0.5) is 0 Å². The van der Waals surface area contributed by atoms with Crippen molar-refractivity contribution in [3.8, 4) is 0 Å². The van der Waals surface area contributed by atoms with Crippen LogP contribution in [0.15, 0.2) is 41.2 Å².